The van der Waals surface area contributed by atoms with Crippen LogP contribution < -0.4 is 10.6 Å². The Labute approximate surface area is 115 Å². The van der Waals surface area contributed by atoms with E-state index in [-0.39, 0.29) is 0 Å². The molecular formula is C15H24N4. The number of nitrogens with zero attached hydrogens (tertiary/aromatic N) is 2. The molecule has 1 aromatic heterocycles. The fourth-order valence-corrected chi connectivity index (χ4v) is 2.54. The lowest BCUT2D eigenvalue weighted by Crippen LogP contribution is -2.39. The molecule has 0 saturated carbocycles. The number of aliphatic imine (C=N–C) groups is 1. The number of rotatable bonds is 4. The summed E-state index contributed by atoms with van der Waals surface area (Å²) in [5.41, 5.74) is 2.24. The molecule has 2 unspecified atom stereocenters. The standard InChI is InChI=1S/C15H24N4/c1-5-16-15-14(8-9-19(15)4)12(3)18-13-7-6-11(2)17-10-13/h5,8-9,11,13,16-17H,1,6-7,10H2,2-4H3. The first-order valence-corrected chi connectivity index (χ1v) is 6.92. The van der Waals surface area contributed by atoms with Crippen LogP contribution >= 0.6 is 0 Å². The van der Waals surface area contributed by atoms with Crippen LogP contribution in [0.3, 0.4) is 0 Å². The van der Waals surface area contributed by atoms with Crippen LogP contribution in [0.15, 0.2) is 30.0 Å². The molecule has 1 aliphatic rings. The predicted molar refractivity (Wildman–Crippen MR) is 81.9 cm³/mol. The second-order valence-corrected chi connectivity index (χ2v) is 5.29. The second kappa shape index (κ2) is 6.06. The molecule has 1 saturated heterocycles. The van der Waals surface area contributed by atoms with Gasteiger partial charge in [0.15, 0.2) is 0 Å². The van der Waals surface area contributed by atoms with Crippen LogP contribution in [0.2, 0.25) is 0 Å². The molecule has 19 heavy (non-hydrogen) atoms. The number of piperidine rings is 1. The van der Waals surface area contributed by atoms with Crippen molar-refractivity contribution < 1.29 is 0 Å². The van der Waals surface area contributed by atoms with Gasteiger partial charge >= 0.3 is 0 Å². The van der Waals surface area contributed by atoms with Gasteiger partial charge in [-0.2, -0.15) is 0 Å². The Balaban J connectivity index is 2.14. The van der Waals surface area contributed by atoms with Crippen LogP contribution in [0.5, 0.6) is 0 Å². The minimum atomic E-state index is 0.396. The highest BCUT2D eigenvalue weighted by molar-refractivity contribution is 6.03. The van der Waals surface area contributed by atoms with Crippen LogP contribution in [0, 0.1) is 0 Å². The van der Waals surface area contributed by atoms with Crippen molar-refractivity contribution >= 4 is 11.5 Å². The van der Waals surface area contributed by atoms with Gasteiger partial charge in [-0.25, -0.2) is 0 Å². The predicted octanol–water partition coefficient (Wildman–Crippen LogP) is 2.53. The Morgan fingerprint density at radius 2 is 2.37 bits per heavy atom. The van der Waals surface area contributed by atoms with Gasteiger partial charge in [0.2, 0.25) is 0 Å². The first-order chi connectivity index (χ1) is 9.11. The van der Waals surface area contributed by atoms with Gasteiger partial charge in [0.1, 0.15) is 5.82 Å². The number of hydrogen-bond donors (Lipinski definition) is 2. The first kappa shape index (κ1) is 13.9. The summed E-state index contributed by atoms with van der Waals surface area (Å²) in [5.74, 6) is 1.05. The van der Waals surface area contributed by atoms with Crippen molar-refractivity contribution in [2.45, 2.75) is 38.8 Å². The molecule has 0 bridgehead atoms. The smallest absolute Gasteiger partial charge is 0.118 e. The van der Waals surface area contributed by atoms with E-state index in [4.69, 9.17) is 4.99 Å². The average Bonchev–Trinajstić information content (AvgIpc) is 2.75. The minimum absolute atomic E-state index is 0.396. The molecule has 4 heteroatoms. The fourth-order valence-electron chi connectivity index (χ4n) is 2.54. The Hall–Kier alpha value is -1.55. The third-order valence-electron chi connectivity index (χ3n) is 3.71. The van der Waals surface area contributed by atoms with Crippen molar-refractivity contribution in [2.24, 2.45) is 12.0 Å². The van der Waals surface area contributed by atoms with Gasteiger partial charge in [0, 0.05) is 37.1 Å². The van der Waals surface area contributed by atoms with Gasteiger partial charge in [0.05, 0.1) is 6.04 Å². The zero-order valence-corrected chi connectivity index (χ0v) is 12.1. The largest absolute Gasteiger partial charge is 0.348 e. The van der Waals surface area contributed by atoms with Crippen molar-refractivity contribution in [2.75, 3.05) is 11.9 Å². The van der Waals surface area contributed by atoms with E-state index in [0.717, 1.165) is 23.6 Å². The van der Waals surface area contributed by atoms with Crippen LogP contribution in [0.25, 0.3) is 0 Å². The zero-order valence-electron chi connectivity index (χ0n) is 12.1. The number of hydrogen-bond acceptors (Lipinski definition) is 3. The van der Waals surface area contributed by atoms with Crippen LogP contribution in [0.4, 0.5) is 5.82 Å². The summed E-state index contributed by atoms with van der Waals surface area (Å²) in [7, 11) is 2.02. The lowest BCUT2D eigenvalue weighted by Gasteiger charge is -2.25. The third-order valence-corrected chi connectivity index (χ3v) is 3.71. The molecule has 1 aliphatic heterocycles. The van der Waals surface area contributed by atoms with Crippen molar-refractivity contribution in [1.82, 2.24) is 9.88 Å². The van der Waals surface area contributed by atoms with E-state index in [0.29, 0.717) is 12.1 Å². The van der Waals surface area contributed by atoms with Crippen molar-refractivity contribution in [3.63, 3.8) is 0 Å². The summed E-state index contributed by atoms with van der Waals surface area (Å²) in [4.78, 5) is 4.86. The summed E-state index contributed by atoms with van der Waals surface area (Å²) in [6, 6.07) is 3.12. The topological polar surface area (TPSA) is 41.4 Å². The first-order valence-electron chi connectivity index (χ1n) is 6.92. The van der Waals surface area contributed by atoms with E-state index in [1.165, 1.54) is 12.8 Å². The van der Waals surface area contributed by atoms with Crippen molar-refractivity contribution in [3.8, 4) is 0 Å². The molecule has 0 aliphatic carbocycles. The molecule has 0 amide bonds. The molecule has 2 rings (SSSR count). The maximum absolute atomic E-state index is 4.86. The molecular weight excluding hydrogens is 236 g/mol. The van der Waals surface area contributed by atoms with Crippen LogP contribution in [0.1, 0.15) is 32.3 Å². The maximum atomic E-state index is 4.86. The highest BCUT2D eigenvalue weighted by Crippen LogP contribution is 2.19. The van der Waals surface area contributed by atoms with E-state index in [1.54, 1.807) is 6.20 Å². The number of nitrogens with one attached hydrogen (secondary N) is 2. The fraction of sp³-hybridized carbons (Fsp3) is 0.533. The van der Waals surface area contributed by atoms with E-state index in [9.17, 15) is 0 Å². The Bertz CT molecular complexity index is 464. The molecule has 0 aromatic carbocycles. The van der Waals surface area contributed by atoms with E-state index in [2.05, 4.69) is 41.7 Å². The maximum Gasteiger partial charge on any atom is 0.118 e. The van der Waals surface area contributed by atoms with Crippen molar-refractivity contribution in [1.29, 1.82) is 0 Å². The summed E-state index contributed by atoms with van der Waals surface area (Å²) in [6.07, 6.45) is 6.12. The lowest BCUT2D eigenvalue weighted by molar-refractivity contribution is 0.386. The number of aromatic nitrogens is 1. The highest BCUT2D eigenvalue weighted by Gasteiger charge is 2.17. The summed E-state index contributed by atoms with van der Waals surface area (Å²) >= 11 is 0. The Morgan fingerprint density at radius 1 is 1.58 bits per heavy atom. The van der Waals surface area contributed by atoms with Gasteiger partial charge in [0.25, 0.3) is 0 Å². The van der Waals surface area contributed by atoms with Gasteiger partial charge in [-0.3, -0.25) is 4.99 Å². The minimum Gasteiger partial charge on any atom is -0.348 e. The molecule has 104 valence electrons. The molecule has 2 N–H and O–H groups in total. The van der Waals surface area contributed by atoms with Crippen LogP contribution in [-0.2, 0) is 7.05 Å². The lowest BCUT2D eigenvalue weighted by atomic mass is 10.0. The molecule has 2 atom stereocenters. The summed E-state index contributed by atoms with van der Waals surface area (Å²) < 4.78 is 2.05. The van der Waals surface area contributed by atoms with Gasteiger partial charge in [-0.05, 0) is 39.0 Å². The Morgan fingerprint density at radius 3 is 3.00 bits per heavy atom. The van der Waals surface area contributed by atoms with E-state index in [1.807, 2.05) is 13.2 Å². The number of aryl methyl sites for hydroxylation is 1. The normalized spacial score (nSPS) is 24.3. The highest BCUT2D eigenvalue weighted by atomic mass is 15.1. The summed E-state index contributed by atoms with van der Waals surface area (Å²) in [5, 5.41) is 6.67. The molecule has 4 nitrogen and oxygen atoms in total. The molecule has 1 fully saturated rings. The van der Waals surface area contributed by atoms with Gasteiger partial charge in [-0.1, -0.05) is 6.58 Å². The second-order valence-electron chi connectivity index (χ2n) is 5.29. The van der Waals surface area contributed by atoms with Crippen molar-refractivity contribution in [3.05, 3.63) is 30.6 Å². The van der Waals surface area contributed by atoms with E-state index < -0.39 is 0 Å². The Kier molecular flexibility index (Phi) is 4.43. The molecule has 0 spiro atoms. The molecule has 2 heterocycles. The SMILES string of the molecule is C=CNc1c(C(C)=NC2CCC(C)NC2)ccn1C. The molecule has 1 aromatic rings. The quantitative estimate of drug-likeness (QED) is 0.817. The average molecular weight is 260 g/mol. The third kappa shape index (κ3) is 3.26. The van der Waals surface area contributed by atoms with E-state index >= 15 is 0 Å². The number of anilines is 1. The summed E-state index contributed by atoms with van der Waals surface area (Å²) in [6.45, 7) is 9.03. The van der Waals surface area contributed by atoms with Gasteiger partial charge in [-0.15, -0.1) is 0 Å². The monoisotopic (exact) mass is 260 g/mol. The zero-order chi connectivity index (χ0) is 13.8. The van der Waals surface area contributed by atoms with Crippen LogP contribution in [-0.4, -0.2) is 28.9 Å². The molecule has 0 radical (unpaired) electrons. The van der Waals surface area contributed by atoms with Gasteiger partial charge < -0.3 is 15.2 Å².